The monoisotopic (exact) mass is 266 g/mol. The van der Waals surface area contributed by atoms with Gasteiger partial charge in [-0.3, -0.25) is 9.69 Å². The van der Waals surface area contributed by atoms with Crippen LogP contribution in [0.5, 0.6) is 5.75 Å². The van der Waals surface area contributed by atoms with Crippen LogP contribution in [0.3, 0.4) is 0 Å². The first-order valence-electron chi connectivity index (χ1n) is 6.47. The summed E-state index contributed by atoms with van der Waals surface area (Å²) in [7, 11) is 0. The van der Waals surface area contributed by atoms with E-state index in [0.29, 0.717) is 5.56 Å². The van der Waals surface area contributed by atoms with Gasteiger partial charge in [-0.25, -0.2) is 4.39 Å². The highest BCUT2D eigenvalue weighted by Gasteiger charge is 2.28. The van der Waals surface area contributed by atoms with E-state index < -0.39 is 5.82 Å². The van der Waals surface area contributed by atoms with Crippen LogP contribution in [0.2, 0.25) is 0 Å². The van der Waals surface area contributed by atoms with Gasteiger partial charge in [0, 0.05) is 43.7 Å². The highest BCUT2D eigenvalue weighted by molar-refractivity contribution is 5.73. The van der Waals surface area contributed by atoms with E-state index in [2.05, 4.69) is 10.2 Å². The largest absolute Gasteiger partial charge is 0.508 e. The number of hydrogen-bond donors (Lipinski definition) is 2. The van der Waals surface area contributed by atoms with Gasteiger partial charge in [-0.1, -0.05) is 6.07 Å². The SMILES string of the molecule is CC(=O)NC1CCN(C(C)c2ccc(O)cc2F)C1. The van der Waals surface area contributed by atoms with Crippen molar-refractivity contribution in [2.24, 2.45) is 0 Å². The number of rotatable bonds is 3. The van der Waals surface area contributed by atoms with Crippen molar-refractivity contribution in [2.75, 3.05) is 13.1 Å². The number of hydrogen-bond acceptors (Lipinski definition) is 3. The summed E-state index contributed by atoms with van der Waals surface area (Å²) in [5.41, 5.74) is 0.571. The molecule has 0 aromatic heterocycles. The van der Waals surface area contributed by atoms with Gasteiger partial charge >= 0.3 is 0 Å². The number of nitrogens with one attached hydrogen (secondary N) is 1. The Morgan fingerprint density at radius 1 is 1.58 bits per heavy atom. The van der Waals surface area contributed by atoms with Gasteiger partial charge in [-0.15, -0.1) is 0 Å². The van der Waals surface area contributed by atoms with E-state index >= 15 is 0 Å². The first-order chi connectivity index (χ1) is 8.97. The summed E-state index contributed by atoms with van der Waals surface area (Å²) in [5.74, 6) is -0.489. The second-order valence-corrected chi connectivity index (χ2v) is 5.06. The van der Waals surface area contributed by atoms with Crippen molar-refractivity contribution in [1.29, 1.82) is 0 Å². The molecule has 0 spiro atoms. The number of halogens is 1. The van der Waals surface area contributed by atoms with Gasteiger partial charge in [-0.05, 0) is 19.4 Å². The molecule has 0 bridgehead atoms. The van der Waals surface area contributed by atoms with Gasteiger partial charge in [0.05, 0.1) is 0 Å². The minimum absolute atomic E-state index is 0.0321. The van der Waals surface area contributed by atoms with Gasteiger partial charge in [0.15, 0.2) is 0 Å². The maximum Gasteiger partial charge on any atom is 0.217 e. The van der Waals surface area contributed by atoms with Crippen molar-refractivity contribution in [3.05, 3.63) is 29.6 Å². The van der Waals surface area contributed by atoms with Crippen LogP contribution in [0.15, 0.2) is 18.2 Å². The number of benzene rings is 1. The molecule has 1 amide bonds. The van der Waals surface area contributed by atoms with E-state index in [0.717, 1.165) is 25.6 Å². The van der Waals surface area contributed by atoms with Gasteiger partial charge in [0.2, 0.25) is 5.91 Å². The first-order valence-corrected chi connectivity index (χ1v) is 6.47. The minimum atomic E-state index is -0.393. The number of carbonyl (C=O) groups is 1. The summed E-state index contributed by atoms with van der Waals surface area (Å²) in [6.45, 7) is 4.99. The molecule has 104 valence electrons. The molecular weight excluding hydrogens is 247 g/mol. The molecule has 2 atom stereocenters. The van der Waals surface area contributed by atoms with E-state index in [1.165, 1.54) is 13.0 Å². The zero-order valence-corrected chi connectivity index (χ0v) is 11.2. The summed E-state index contributed by atoms with van der Waals surface area (Å²) in [6, 6.07) is 4.31. The molecule has 1 aromatic carbocycles. The van der Waals surface area contributed by atoms with Gasteiger partial charge < -0.3 is 10.4 Å². The fourth-order valence-electron chi connectivity index (χ4n) is 2.60. The Bertz CT molecular complexity index is 479. The lowest BCUT2D eigenvalue weighted by Crippen LogP contribution is -2.36. The van der Waals surface area contributed by atoms with E-state index in [9.17, 15) is 14.3 Å². The maximum absolute atomic E-state index is 13.8. The predicted octanol–water partition coefficient (Wildman–Crippen LogP) is 1.80. The van der Waals surface area contributed by atoms with Crippen molar-refractivity contribution in [2.45, 2.75) is 32.4 Å². The molecule has 2 unspecified atom stereocenters. The first kappa shape index (κ1) is 13.8. The number of carbonyl (C=O) groups excluding carboxylic acids is 1. The Morgan fingerprint density at radius 2 is 2.32 bits per heavy atom. The summed E-state index contributed by atoms with van der Waals surface area (Å²) in [4.78, 5) is 13.2. The molecule has 0 aliphatic carbocycles. The van der Waals surface area contributed by atoms with Gasteiger partial charge in [0.1, 0.15) is 11.6 Å². The lowest BCUT2D eigenvalue weighted by Gasteiger charge is -2.25. The van der Waals surface area contributed by atoms with Gasteiger partial charge in [-0.2, -0.15) is 0 Å². The predicted molar refractivity (Wildman–Crippen MR) is 70.3 cm³/mol. The normalized spacial score (nSPS) is 21.3. The number of amides is 1. The quantitative estimate of drug-likeness (QED) is 0.877. The molecule has 5 heteroatoms. The molecule has 1 fully saturated rings. The molecule has 1 saturated heterocycles. The minimum Gasteiger partial charge on any atom is -0.508 e. The van der Waals surface area contributed by atoms with Gasteiger partial charge in [0.25, 0.3) is 0 Å². The van der Waals surface area contributed by atoms with Crippen LogP contribution >= 0.6 is 0 Å². The van der Waals surface area contributed by atoms with E-state index in [-0.39, 0.29) is 23.7 Å². The average molecular weight is 266 g/mol. The highest BCUT2D eigenvalue weighted by Crippen LogP contribution is 2.28. The molecule has 0 saturated carbocycles. The Labute approximate surface area is 112 Å². The third-order valence-corrected chi connectivity index (χ3v) is 3.61. The number of nitrogens with zero attached hydrogens (tertiary/aromatic N) is 1. The Balaban J connectivity index is 2.04. The molecule has 2 rings (SSSR count). The molecule has 1 aliphatic rings. The zero-order valence-electron chi connectivity index (χ0n) is 11.2. The highest BCUT2D eigenvalue weighted by atomic mass is 19.1. The number of phenols is 1. The Kier molecular flexibility index (Phi) is 4.04. The fraction of sp³-hybridized carbons (Fsp3) is 0.500. The van der Waals surface area contributed by atoms with Crippen molar-refractivity contribution < 1.29 is 14.3 Å². The van der Waals surface area contributed by atoms with E-state index in [4.69, 9.17) is 0 Å². The van der Waals surface area contributed by atoms with Crippen LogP contribution in [0.4, 0.5) is 4.39 Å². The molecule has 1 aliphatic heterocycles. The molecule has 1 heterocycles. The molecule has 2 N–H and O–H groups in total. The Hall–Kier alpha value is -1.62. The maximum atomic E-state index is 13.8. The average Bonchev–Trinajstić information content (AvgIpc) is 2.75. The molecular formula is C14H19FN2O2. The van der Waals surface area contributed by atoms with Crippen LogP contribution in [-0.4, -0.2) is 35.0 Å². The lowest BCUT2D eigenvalue weighted by molar-refractivity contribution is -0.119. The van der Waals surface area contributed by atoms with Crippen LogP contribution in [-0.2, 0) is 4.79 Å². The van der Waals surface area contributed by atoms with Crippen molar-refractivity contribution in [1.82, 2.24) is 10.2 Å². The number of phenolic OH excluding ortho intramolecular Hbond substituents is 1. The third-order valence-electron chi connectivity index (χ3n) is 3.61. The fourth-order valence-corrected chi connectivity index (χ4v) is 2.60. The van der Waals surface area contributed by atoms with Crippen LogP contribution < -0.4 is 5.32 Å². The molecule has 1 aromatic rings. The van der Waals surface area contributed by atoms with Crippen LogP contribution in [0.25, 0.3) is 0 Å². The van der Waals surface area contributed by atoms with Crippen molar-refractivity contribution in [3.63, 3.8) is 0 Å². The zero-order chi connectivity index (χ0) is 14.0. The summed E-state index contributed by atoms with van der Waals surface area (Å²) >= 11 is 0. The van der Waals surface area contributed by atoms with E-state index in [1.807, 2.05) is 6.92 Å². The topological polar surface area (TPSA) is 52.6 Å². The van der Waals surface area contributed by atoms with Crippen LogP contribution in [0.1, 0.15) is 31.9 Å². The lowest BCUT2D eigenvalue weighted by atomic mass is 10.1. The molecule has 0 radical (unpaired) electrons. The van der Waals surface area contributed by atoms with Crippen LogP contribution in [0, 0.1) is 5.82 Å². The standard InChI is InChI=1S/C14H19FN2O2/c1-9(13-4-3-12(19)7-14(13)15)17-6-5-11(8-17)16-10(2)18/h3-4,7,9,11,19H,5-6,8H2,1-2H3,(H,16,18). The summed E-state index contributed by atoms with van der Waals surface area (Å²) in [5, 5.41) is 12.1. The smallest absolute Gasteiger partial charge is 0.217 e. The number of aromatic hydroxyl groups is 1. The second kappa shape index (κ2) is 5.57. The second-order valence-electron chi connectivity index (χ2n) is 5.06. The molecule has 19 heavy (non-hydrogen) atoms. The Morgan fingerprint density at radius 3 is 2.95 bits per heavy atom. The van der Waals surface area contributed by atoms with Crippen molar-refractivity contribution in [3.8, 4) is 5.75 Å². The molecule has 4 nitrogen and oxygen atoms in total. The summed E-state index contributed by atoms with van der Waals surface area (Å²) < 4.78 is 13.8. The number of likely N-dealkylation sites (tertiary alicyclic amines) is 1. The van der Waals surface area contributed by atoms with Crippen molar-refractivity contribution >= 4 is 5.91 Å². The van der Waals surface area contributed by atoms with E-state index in [1.54, 1.807) is 6.07 Å². The third kappa shape index (κ3) is 3.23. The summed E-state index contributed by atoms with van der Waals surface area (Å²) in [6.07, 6.45) is 0.879.